The molecule has 0 saturated carbocycles. The zero-order valence-electron chi connectivity index (χ0n) is 20.5. The van der Waals surface area contributed by atoms with E-state index in [0.717, 1.165) is 12.4 Å². The molecule has 0 spiro atoms. The van der Waals surface area contributed by atoms with E-state index in [0.29, 0.717) is 12.5 Å². The fourth-order valence-corrected chi connectivity index (χ4v) is 4.37. The van der Waals surface area contributed by atoms with Gasteiger partial charge >= 0.3 is 5.91 Å². The minimum atomic E-state index is -4.32. The SMILES string of the molecule is CCOc1cccc(-c2nnc(C(=O)NS(=O)(=O)Cc3ncc(F)cn3)n2-c2c(OC)cccc2OC)n1.[HH]. The van der Waals surface area contributed by atoms with Crippen LogP contribution in [0.15, 0.2) is 48.8 Å². The number of methoxy groups -OCH3 is 2. The summed E-state index contributed by atoms with van der Waals surface area (Å²) >= 11 is 0. The van der Waals surface area contributed by atoms with Gasteiger partial charge in [-0.05, 0) is 25.1 Å². The van der Waals surface area contributed by atoms with Crippen molar-refractivity contribution in [1.29, 1.82) is 0 Å². The fourth-order valence-electron chi connectivity index (χ4n) is 3.44. The number of nitrogens with zero attached hydrogens (tertiary/aromatic N) is 6. The van der Waals surface area contributed by atoms with Gasteiger partial charge in [-0.2, -0.15) is 0 Å². The molecule has 3 heterocycles. The second kappa shape index (κ2) is 11.2. The number of sulfonamides is 1. The lowest BCUT2D eigenvalue weighted by Gasteiger charge is -2.17. The summed E-state index contributed by atoms with van der Waals surface area (Å²) in [6, 6.07) is 9.86. The van der Waals surface area contributed by atoms with E-state index in [1.54, 1.807) is 43.3 Å². The van der Waals surface area contributed by atoms with Gasteiger partial charge in [-0.3, -0.25) is 9.36 Å². The molecule has 0 aliphatic carbocycles. The van der Waals surface area contributed by atoms with Gasteiger partial charge < -0.3 is 14.2 Å². The Morgan fingerprint density at radius 3 is 2.34 bits per heavy atom. The number of carbonyl (C=O) groups excluding carboxylic acids is 1. The van der Waals surface area contributed by atoms with Gasteiger partial charge in [0, 0.05) is 7.49 Å². The van der Waals surface area contributed by atoms with Crippen LogP contribution in [0.4, 0.5) is 4.39 Å². The van der Waals surface area contributed by atoms with Crippen LogP contribution in [0.25, 0.3) is 17.2 Å². The predicted molar refractivity (Wildman–Crippen MR) is 133 cm³/mol. The monoisotopic (exact) mass is 545 g/mol. The normalized spacial score (nSPS) is 11.2. The second-order valence-electron chi connectivity index (χ2n) is 7.50. The maximum Gasteiger partial charge on any atom is 0.303 e. The van der Waals surface area contributed by atoms with Crippen molar-refractivity contribution in [2.75, 3.05) is 20.8 Å². The second-order valence-corrected chi connectivity index (χ2v) is 9.22. The smallest absolute Gasteiger partial charge is 0.303 e. The number of hydrogen-bond donors (Lipinski definition) is 1. The van der Waals surface area contributed by atoms with Gasteiger partial charge in [-0.15, -0.1) is 10.2 Å². The van der Waals surface area contributed by atoms with Crippen molar-refractivity contribution in [2.24, 2.45) is 0 Å². The largest absolute Gasteiger partial charge is 0.494 e. The zero-order chi connectivity index (χ0) is 27.3. The minimum absolute atomic E-state index is 0. The topological polar surface area (TPSA) is 160 Å². The van der Waals surface area contributed by atoms with E-state index in [4.69, 9.17) is 14.2 Å². The predicted octanol–water partition coefficient (Wildman–Crippen LogP) is 2.18. The van der Waals surface area contributed by atoms with E-state index in [1.165, 1.54) is 18.8 Å². The van der Waals surface area contributed by atoms with Crippen molar-refractivity contribution in [3.63, 3.8) is 0 Å². The molecular weight excluding hydrogens is 521 g/mol. The molecule has 1 N–H and O–H groups in total. The van der Waals surface area contributed by atoms with Crippen LogP contribution in [0.3, 0.4) is 0 Å². The lowest BCUT2D eigenvalue weighted by molar-refractivity contribution is 0.0969. The molecular formula is C23H24FN7O6S. The van der Waals surface area contributed by atoms with E-state index < -0.39 is 33.3 Å². The Bertz CT molecular complexity index is 1550. The van der Waals surface area contributed by atoms with Gasteiger partial charge in [0.2, 0.25) is 21.7 Å². The molecule has 4 aromatic rings. The summed E-state index contributed by atoms with van der Waals surface area (Å²) in [6.45, 7) is 2.17. The summed E-state index contributed by atoms with van der Waals surface area (Å²) in [5.41, 5.74) is 0.503. The van der Waals surface area contributed by atoms with Crippen LogP contribution in [0.2, 0.25) is 0 Å². The average molecular weight is 546 g/mol. The van der Waals surface area contributed by atoms with E-state index in [2.05, 4.69) is 25.1 Å². The summed E-state index contributed by atoms with van der Waals surface area (Å²) in [5.74, 6) is -2.30. The Morgan fingerprint density at radius 2 is 1.71 bits per heavy atom. The highest BCUT2D eigenvalue weighted by molar-refractivity contribution is 7.89. The van der Waals surface area contributed by atoms with Crippen molar-refractivity contribution in [3.8, 4) is 34.6 Å². The molecule has 0 saturated heterocycles. The molecule has 0 bridgehead atoms. The number of benzene rings is 1. The molecule has 1 aromatic carbocycles. The molecule has 0 aliphatic heterocycles. The third kappa shape index (κ3) is 5.67. The first-order valence-corrected chi connectivity index (χ1v) is 12.7. The number of hydrogen-bond acceptors (Lipinski definition) is 11. The Labute approximate surface area is 218 Å². The lowest BCUT2D eigenvalue weighted by Crippen LogP contribution is -2.34. The molecule has 1 amide bonds. The number of nitrogens with one attached hydrogen (secondary N) is 1. The van der Waals surface area contributed by atoms with Crippen molar-refractivity contribution in [3.05, 3.63) is 66.3 Å². The van der Waals surface area contributed by atoms with Crippen molar-refractivity contribution < 1.29 is 33.2 Å². The van der Waals surface area contributed by atoms with Gasteiger partial charge in [0.1, 0.15) is 34.5 Å². The first-order valence-electron chi connectivity index (χ1n) is 11.0. The van der Waals surface area contributed by atoms with Gasteiger partial charge in [0.05, 0.1) is 33.2 Å². The highest BCUT2D eigenvalue weighted by Crippen LogP contribution is 2.36. The minimum Gasteiger partial charge on any atom is -0.494 e. The van der Waals surface area contributed by atoms with Gasteiger partial charge in [0.25, 0.3) is 0 Å². The van der Waals surface area contributed by atoms with Crippen LogP contribution in [0.5, 0.6) is 17.4 Å². The van der Waals surface area contributed by atoms with E-state index in [-0.39, 0.29) is 36.0 Å². The summed E-state index contributed by atoms with van der Waals surface area (Å²) in [4.78, 5) is 24.9. The number of ether oxygens (including phenoxy) is 3. The molecule has 4 rings (SSSR count). The standard InChI is InChI=1S/C23H22FN7O6S.H2/c1-4-37-19-10-5-7-15(27-19)21-28-29-22(31(21)20-16(35-2)8-6-9-17(20)36-3)23(32)30-38(33,34)13-18-25-11-14(24)12-26-18;/h5-12H,4,13H2,1-3H3,(H,30,32);1H. The number of aromatic nitrogens is 6. The lowest BCUT2D eigenvalue weighted by atomic mass is 10.2. The van der Waals surface area contributed by atoms with Gasteiger partial charge in [0.15, 0.2) is 11.6 Å². The molecule has 0 atom stereocenters. The molecule has 13 nitrogen and oxygen atoms in total. The van der Waals surface area contributed by atoms with Gasteiger partial charge in [-0.1, -0.05) is 12.1 Å². The average Bonchev–Trinajstić information content (AvgIpc) is 3.34. The third-order valence-corrected chi connectivity index (χ3v) is 6.11. The maximum absolute atomic E-state index is 13.3. The summed E-state index contributed by atoms with van der Waals surface area (Å²) in [5, 5.41) is 8.08. The first-order chi connectivity index (χ1) is 18.3. The number of para-hydroxylation sites is 1. The van der Waals surface area contributed by atoms with Crippen molar-refractivity contribution in [1.82, 2.24) is 34.4 Å². The zero-order valence-corrected chi connectivity index (χ0v) is 21.3. The van der Waals surface area contributed by atoms with Gasteiger partial charge in [-0.25, -0.2) is 32.5 Å². The molecule has 0 aliphatic rings. The maximum atomic E-state index is 13.3. The first kappa shape index (κ1) is 26.4. The highest BCUT2D eigenvalue weighted by Gasteiger charge is 2.29. The molecule has 3 aromatic heterocycles. The quantitative estimate of drug-likeness (QED) is 0.311. The van der Waals surface area contributed by atoms with Crippen LogP contribution in [-0.4, -0.2) is 64.9 Å². The van der Waals surface area contributed by atoms with E-state index >= 15 is 0 Å². The summed E-state index contributed by atoms with van der Waals surface area (Å²) in [7, 11) is -1.48. The highest BCUT2D eigenvalue weighted by atomic mass is 32.2. The van der Waals surface area contributed by atoms with Crippen molar-refractivity contribution in [2.45, 2.75) is 12.7 Å². The Morgan fingerprint density at radius 1 is 1.05 bits per heavy atom. The molecule has 200 valence electrons. The Balaban J connectivity index is 0.00000420. The fraction of sp³-hybridized carbons (Fsp3) is 0.217. The van der Waals surface area contributed by atoms with Crippen LogP contribution in [-0.2, 0) is 15.8 Å². The van der Waals surface area contributed by atoms with Crippen molar-refractivity contribution >= 4 is 15.9 Å². The number of carbonyl (C=O) groups is 1. The van der Waals surface area contributed by atoms with Crippen LogP contribution in [0.1, 0.15) is 24.8 Å². The summed E-state index contributed by atoms with van der Waals surface area (Å²) < 4.78 is 58.2. The van der Waals surface area contributed by atoms with Crippen LogP contribution in [0, 0.1) is 5.82 Å². The Kier molecular flexibility index (Phi) is 7.76. The Hall–Kier alpha value is -4.66. The van der Waals surface area contributed by atoms with Crippen LogP contribution < -0.4 is 18.9 Å². The molecule has 0 fully saturated rings. The number of amides is 1. The number of pyridine rings is 1. The number of halogens is 1. The van der Waals surface area contributed by atoms with E-state index in [1.807, 2.05) is 4.72 Å². The molecule has 15 heteroatoms. The molecule has 38 heavy (non-hydrogen) atoms. The van der Waals surface area contributed by atoms with Crippen LogP contribution >= 0.6 is 0 Å². The van der Waals surface area contributed by atoms with E-state index in [9.17, 15) is 17.6 Å². The third-order valence-electron chi connectivity index (χ3n) is 4.98. The molecule has 0 radical (unpaired) electrons. The molecule has 0 unspecified atom stereocenters. The summed E-state index contributed by atoms with van der Waals surface area (Å²) in [6.07, 6.45) is 1.64. The number of rotatable bonds is 10.